The summed E-state index contributed by atoms with van der Waals surface area (Å²) >= 11 is 0. The van der Waals surface area contributed by atoms with Crippen molar-refractivity contribution in [1.82, 2.24) is 29.4 Å². The fourth-order valence-corrected chi connectivity index (χ4v) is 3.39. The molecule has 0 aromatic carbocycles. The Morgan fingerprint density at radius 2 is 2.07 bits per heavy atom. The Morgan fingerprint density at radius 1 is 1.25 bits per heavy atom. The molecule has 0 unspecified atom stereocenters. The smallest absolute Gasteiger partial charge is 0.341 e. The van der Waals surface area contributed by atoms with Crippen molar-refractivity contribution >= 4 is 11.6 Å². The van der Waals surface area contributed by atoms with E-state index in [1.54, 1.807) is 12.4 Å². The molecule has 28 heavy (non-hydrogen) atoms. The molecule has 144 valence electrons. The number of nitrogens with one attached hydrogen (secondary N) is 1. The SMILES string of the molecule is COC(=O)c1cn([C@@H](CC(C)C)c2nnc3ccccn23)cc2c(=O)[nH]nc1-2. The van der Waals surface area contributed by atoms with Gasteiger partial charge in [-0.3, -0.25) is 9.20 Å². The number of fused-ring (bicyclic) bond motifs is 2. The van der Waals surface area contributed by atoms with Crippen molar-refractivity contribution in [3.05, 3.63) is 58.5 Å². The predicted octanol–water partition coefficient (Wildman–Crippen LogP) is 2.14. The molecule has 0 amide bonds. The summed E-state index contributed by atoms with van der Waals surface area (Å²) in [5.74, 6) is 0.502. The van der Waals surface area contributed by atoms with Crippen molar-refractivity contribution in [3.8, 4) is 11.3 Å². The first-order chi connectivity index (χ1) is 13.5. The number of hydrogen-bond acceptors (Lipinski definition) is 6. The second-order valence-electron chi connectivity index (χ2n) is 7.06. The first-order valence-electron chi connectivity index (χ1n) is 8.97. The largest absolute Gasteiger partial charge is 0.465 e. The Morgan fingerprint density at radius 3 is 2.82 bits per heavy atom. The zero-order chi connectivity index (χ0) is 19.8. The van der Waals surface area contributed by atoms with Crippen molar-refractivity contribution in [3.63, 3.8) is 0 Å². The number of ether oxygens (including phenoxy) is 1. The van der Waals surface area contributed by atoms with Crippen LogP contribution < -0.4 is 5.56 Å². The van der Waals surface area contributed by atoms with Crippen LogP contribution in [0.25, 0.3) is 16.9 Å². The van der Waals surface area contributed by atoms with E-state index in [1.165, 1.54) is 7.11 Å². The Balaban J connectivity index is 1.95. The monoisotopic (exact) mass is 380 g/mol. The van der Waals surface area contributed by atoms with E-state index in [-0.39, 0.29) is 17.2 Å². The summed E-state index contributed by atoms with van der Waals surface area (Å²) in [6, 6.07) is 5.45. The summed E-state index contributed by atoms with van der Waals surface area (Å²) in [6.07, 6.45) is 5.99. The van der Waals surface area contributed by atoms with E-state index in [9.17, 15) is 9.59 Å². The molecule has 4 heterocycles. The first kappa shape index (κ1) is 17.9. The highest BCUT2D eigenvalue weighted by Crippen LogP contribution is 2.29. The van der Waals surface area contributed by atoms with Gasteiger partial charge in [0.1, 0.15) is 11.3 Å². The van der Waals surface area contributed by atoms with Crippen molar-refractivity contribution in [1.29, 1.82) is 0 Å². The molecule has 0 bridgehead atoms. The lowest BCUT2D eigenvalue weighted by molar-refractivity contribution is 0.0600. The molecule has 0 spiro atoms. The maximum Gasteiger partial charge on any atom is 0.341 e. The molecule has 0 radical (unpaired) electrons. The number of carbonyl (C=O) groups excluding carboxylic acids is 1. The fraction of sp³-hybridized carbons (Fsp3) is 0.316. The van der Waals surface area contributed by atoms with Gasteiger partial charge in [-0.05, 0) is 24.5 Å². The number of rotatable bonds is 5. The third-order valence-corrected chi connectivity index (χ3v) is 4.68. The molecule has 0 fully saturated rings. The van der Waals surface area contributed by atoms with Crippen LogP contribution in [0.15, 0.2) is 41.6 Å². The van der Waals surface area contributed by atoms with Crippen LogP contribution in [0.1, 0.15) is 42.5 Å². The van der Waals surface area contributed by atoms with Crippen molar-refractivity contribution in [2.24, 2.45) is 5.92 Å². The summed E-state index contributed by atoms with van der Waals surface area (Å²) in [5.41, 5.74) is 1.21. The van der Waals surface area contributed by atoms with Crippen LogP contribution >= 0.6 is 0 Å². The van der Waals surface area contributed by atoms with Crippen LogP contribution in [0.4, 0.5) is 0 Å². The van der Waals surface area contributed by atoms with Gasteiger partial charge in [0.15, 0.2) is 11.5 Å². The molecule has 1 N–H and O–H groups in total. The minimum absolute atomic E-state index is 0.223. The van der Waals surface area contributed by atoms with Crippen LogP contribution in [-0.2, 0) is 4.74 Å². The van der Waals surface area contributed by atoms with Crippen molar-refractivity contribution < 1.29 is 9.53 Å². The van der Waals surface area contributed by atoms with E-state index < -0.39 is 5.97 Å². The van der Waals surface area contributed by atoms with Gasteiger partial charge in [-0.1, -0.05) is 19.9 Å². The molecular weight excluding hydrogens is 360 g/mol. The molecule has 0 aliphatic carbocycles. The normalized spacial score (nSPS) is 12.7. The van der Waals surface area contributed by atoms with Gasteiger partial charge in [0, 0.05) is 18.6 Å². The van der Waals surface area contributed by atoms with Crippen LogP contribution in [0, 0.1) is 5.92 Å². The number of methoxy groups -OCH3 is 1. The number of aromatic amines is 1. The maximum absolute atomic E-state index is 12.3. The van der Waals surface area contributed by atoms with Gasteiger partial charge in [0.25, 0.3) is 5.56 Å². The van der Waals surface area contributed by atoms with E-state index in [4.69, 9.17) is 4.74 Å². The Bertz CT molecular complexity index is 1170. The molecule has 2 aromatic heterocycles. The van der Waals surface area contributed by atoms with E-state index in [1.807, 2.05) is 33.4 Å². The second-order valence-corrected chi connectivity index (χ2v) is 7.06. The highest BCUT2D eigenvalue weighted by atomic mass is 16.5. The summed E-state index contributed by atoms with van der Waals surface area (Å²) in [4.78, 5) is 24.5. The first-order valence-corrected chi connectivity index (χ1v) is 8.97. The number of H-pyrrole nitrogens is 1. The fourth-order valence-electron chi connectivity index (χ4n) is 3.39. The van der Waals surface area contributed by atoms with Crippen LogP contribution in [0.3, 0.4) is 0 Å². The number of esters is 1. The van der Waals surface area contributed by atoms with Gasteiger partial charge < -0.3 is 9.30 Å². The third-order valence-electron chi connectivity index (χ3n) is 4.68. The zero-order valence-electron chi connectivity index (χ0n) is 15.8. The van der Waals surface area contributed by atoms with E-state index >= 15 is 0 Å². The highest BCUT2D eigenvalue weighted by molar-refractivity contribution is 5.95. The van der Waals surface area contributed by atoms with Gasteiger partial charge in [-0.25, -0.2) is 9.89 Å². The van der Waals surface area contributed by atoms with Gasteiger partial charge in [-0.15, -0.1) is 10.2 Å². The Labute approximate surface area is 160 Å². The lowest BCUT2D eigenvalue weighted by atomic mass is 10.0. The minimum Gasteiger partial charge on any atom is -0.465 e. The Kier molecular flexibility index (Phi) is 4.42. The standard InChI is InChI=1S/C19H20N6O3/c1-11(2)8-14(17-22-20-15-6-4-5-7-25(15)17)24-9-12-16(21-23-18(12)26)13(10-24)19(27)28-3/h4-7,9-11,14H,8H2,1-3H3,(H,23,26)/t14-/m0/s1. The topological polar surface area (TPSA) is 107 Å². The quantitative estimate of drug-likeness (QED) is 0.532. The summed E-state index contributed by atoms with van der Waals surface area (Å²) in [5, 5.41) is 15.0. The highest BCUT2D eigenvalue weighted by Gasteiger charge is 2.27. The molecule has 2 aliphatic heterocycles. The number of aromatic nitrogens is 6. The predicted molar refractivity (Wildman–Crippen MR) is 101 cm³/mol. The van der Waals surface area contributed by atoms with Gasteiger partial charge in [0.05, 0.1) is 18.7 Å². The molecule has 9 nitrogen and oxygen atoms in total. The molecule has 2 aliphatic rings. The van der Waals surface area contributed by atoms with Crippen molar-refractivity contribution in [2.75, 3.05) is 7.11 Å². The molecule has 4 rings (SSSR count). The van der Waals surface area contributed by atoms with Gasteiger partial charge >= 0.3 is 5.97 Å². The van der Waals surface area contributed by atoms with Crippen molar-refractivity contribution in [2.45, 2.75) is 26.3 Å². The molecule has 0 saturated heterocycles. The van der Waals surface area contributed by atoms with Crippen LogP contribution in [0.5, 0.6) is 0 Å². The summed E-state index contributed by atoms with van der Waals surface area (Å²) in [6.45, 7) is 4.21. The lowest BCUT2D eigenvalue weighted by Crippen LogP contribution is -2.20. The minimum atomic E-state index is -0.555. The zero-order valence-corrected chi connectivity index (χ0v) is 15.8. The van der Waals surface area contributed by atoms with Crippen LogP contribution in [-0.4, -0.2) is 42.4 Å². The average molecular weight is 380 g/mol. The van der Waals surface area contributed by atoms with E-state index in [0.29, 0.717) is 17.2 Å². The molecule has 1 atom stereocenters. The lowest BCUT2D eigenvalue weighted by Gasteiger charge is -2.22. The Hall–Kier alpha value is -3.49. The maximum atomic E-state index is 12.3. The van der Waals surface area contributed by atoms with E-state index in [0.717, 1.165) is 17.9 Å². The average Bonchev–Trinajstić information content (AvgIpc) is 3.29. The molecule has 9 heteroatoms. The number of pyridine rings is 2. The number of nitrogens with zero attached hydrogens (tertiary/aromatic N) is 5. The van der Waals surface area contributed by atoms with Gasteiger partial charge in [0.2, 0.25) is 0 Å². The number of hydrogen-bond donors (Lipinski definition) is 1. The third kappa shape index (κ3) is 2.94. The second kappa shape index (κ2) is 6.91. The summed E-state index contributed by atoms with van der Waals surface area (Å²) < 4.78 is 8.63. The molecular formula is C19H20N6O3. The van der Waals surface area contributed by atoms with Gasteiger partial charge in [-0.2, -0.15) is 5.10 Å². The molecule has 2 aromatic rings. The van der Waals surface area contributed by atoms with Crippen LogP contribution in [0.2, 0.25) is 0 Å². The summed E-state index contributed by atoms with van der Waals surface area (Å²) in [7, 11) is 1.30. The van der Waals surface area contributed by atoms with E-state index in [2.05, 4.69) is 34.2 Å². The molecule has 0 saturated carbocycles. The number of carbonyl (C=O) groups is 1.